The van der Waals surface area contributed by atoms with Crippen molar-refractivity contribution < 1.29 is 4.79 Å². The number of amides is 1. The van der Waals surface area contributed by atoms with Gasteiger partial charge in [-0.05, 0) is 99.7 Å². The minimum atomic E-state index is -0.0259. The van der Waals surface area contributed by atoms with Gasteiger partial charge in [-0.3, -0.25) is 14.2 Å². The molecule has 1 aliphatic heterocycles. The second-order valence-electron chi connectivity index (χ2n) is 11.0. The maximum Gasteiger partial charge on any atom is 0.261 e. The number of nitrogens with zero attached hydrogens (tertiary/aromatic N) is 2. The molecule has 5 heteroatoms. The van der Waals surface area contributed by atoms with Gasteiger partial charge >= 0.3 is 0 Å². The Labute approximate surface area is 183 Å². The number of carbonyl (C=O) groups excluding carboxylic acids is 1. The van der Waals surface area contributed by atoms with Gasteiger partial charge in [-0.25, -0.2) is 4.98 Å². The van der Waals surface area contributed by atoms with Gasteiger partial charge in [-0.15, -0.1) is 0 Å². The molecule has 4 fully saturated rings. The molecular weight excluding hydrogens is 386 g/mol. The molecule has 5 aliphatic rings. The molecule has 4 bridgehead atoms. The minimum Gasteiger partial charge on any atom is -0.349 e. The number of aryl methyl sites for hydroxylation is 1. The lowest BCUT2D eigenvalue weighted by Crippen LogP contribution is -2.55. The average molecular weight is 420 g/mol. The van der Waals surface area contributed by atoms with Crippen molar-refractivity contribution in [2.24, 2.45) is 23.2 Å². The summed E-state index contributed by atoms with van der Waals surface area (Å²) in [4.78, 5) is 31.0. The Kier molecular flexibility index (Phi) is 4.52. The Morgan fingerprint density at radius 1 is 1.10 bits per heavy atom. The molecule has 0 spiro atoms. The van der Waals surface area contributed by atoms with Crippen molar-refractivity contribution in [3.63, 3.8) is 0 Å². The molecule has 1 atom stereocenters. The molecule has 1 aromatic heterocycles. The van der Waals surface area contributed by atoms with Crippen LogP contribution in [0.2, 0.25) is 0 Å². The van der Waals surface area contributed by atoms with E-state index >= 15 is 0 Å². The summed E-state index contributed by atoms with van der Waals surface area (Å²) in [5.41, 5.74) is 1.61. The monoisotopic (exact) mass is 419 g/mol. The Hall–Kier alpha value is -2.17. The Morgan fingerprint density at radius 2 is 1.81 bits per heavy atom. The molecule has 7 rings (SSSR count). The van der Waals surface area contributed by atoms with E-state index in [2.05, 4.69) is 12.2 Å². The van der Waals surface area contributed by atoms with Gasteiger partial charge in [0.05, 0.1) is 10.9 Å². The maximum atomic E-state index is 13.2. The summed E-state index contributed by atoms with van der Waals surface area (Å²) in [6.07, 6.45) is 12.2. The highest BCUT2D eigenvalue weighted by Crippen LogP contribution is 2.61. The lowest BCUT2D eigenvalue weighted by molar-refractivity contribution is -0.0688. The highest BCUT2D eigenvalue weighted by molar-refractivity contribution is 5.97. The lowest BCUT2D eigenvalue weighted by Gasteiger charge is -2.59. The van der Waals surface area contributed by atoms with E-state index in [9.17, 15) is 9.59 Å². The van der Waals surface area contributed by atoms with Crippen molar-refractivity contribution in [3.05, 3.63) is 39.9 Å². The van der Waals surface area contributed by atoms with E-state index in [4.69, 9.17) is 4.98 Å². The van der Waals surface area contributed by atoms with E-state index in [0.717, 1.165) is 55.8 Å². The molecule has 31 heavy (non-hydrogen) atoms. The molecule has 2 heterocycles. The number of hydrogen-bond acceptors (Lipinski definition) is 3. The summed E-state index contributed by atoms with van der Waals surface area (Å²) >= 11 is 0. The fourth-order valence-electron chi connectivity index (χ4n) is 7.70. The maximum absolute atomic E-state index is 13.2. The summed E-state index contributed by atoms with van der Waals surface area (Å²) < 4.78 is 1.84. The lowest BCUT2D eigenvalue weighted by atomic mass is 9.48. The third kappa shape index (κ3) is 3.23. The van der Waals surface area contributed by atoms with E-state index in [1.165, 1.54) is 38.5 Å². The summed E-state index contributed by atoms with van der Waals surface area (Å²) in [5.74, 6) is 3.47. The topological polar surface area (TPSA) is 64.0 Å². The number of benzene rings is 1. The Morgan fingerprint density at radius 3 is 2.52 bits per heavy atom. The summed E-state index contributed by atoms with van der Waals surface area (Å²) in [7, 11) is 0. The van der Waals surface area contributed by atoms with Crippen LogP contribution in [-0.2, 0) is 13.0 Å². The fraction of sp³-hybridized carbons (Fsp3) is 0.654. The summed E-state index contributed by atoms with van der Waals surface area (Å²) in [6, 6.07) is 5.61. The second kappa shape index (κ2) is 7.18. The van der Waals surface area contributed by atoms with Crippen LogP contribution in [0.5, 0.6) is 0 Å². The zero-order valence-electron chi connectivity index (χ0n) is 18.5. The highest BCUT2D eigenvalue weighted by Gasteiger charge is 2.53. The van der Waals surface area contributed by atoms with Crippen molar-refractivity contribution in [2.45, 2.75) is 83.7 Å². The van der Waals surface area contributed by atoms with Crippen LogP contribution in [0.4, 0.5) is 0 Å². The van der Waals surface area contributed by atoms with Crippen LogP contribution in [0, 0.1) is 23.2 Å². The summed E-state index contributed by atoms with van der Waals surface area (Å²) in [6.45, 7) is 2.97. The number of rotatable bonds is 3. The molecule has 2 aromatic rings. The van der Waals surface area contributed by atoms with Crippen LogP contribution < -0.4 is 10.9 Å². The Bertz CT molecular complexity index is 1070. The largest absolute Gasteiger partial charge is 0.349 e. The van der Waals surface area contributed by atoms with Crippen molar-refractivity contribution in [1.29, 1.82) is 0 Å². The van der Waals surface area contributed by atoms with E-state index < -0.39 is 0 Å². The third-order valence-electron chi connectivity index (χ3n) is 8.93. The van der Waals surface area contributed by atoms with Gasteiger partial charge in [0.2, 0.25) is 0 Å². The standard InChI is InChI=1S/C26H33N3O2/c1-16(26-13-17-9-18(14-26)11-19(10-17)15-26)27-24(30)20-6-7-21-22(12-20)28-23-5-3-2-4-8-29(23)25(21)31/h6-7,12,16-19H,2-5,8-11,13-15H2,1H3,(H,27,30). The molecule has 1 aromatic carbocycles. The van der Waals surface area contributed by atoms with Gasteiger partial charge in [0.1, 0.15) is 5.82 Å². The van der Waals surface area contributed by atoms with Gasteiger partial charge in [0, 0.05) is 24.6 Å². The number of fused-ring (bicyclic) bond motifs is 2. The third-order valence-corrected chi connectivity index (χ3v) is 8.93. The van der Waals surface area contributed by atoms with Crippen LogP contribution in [0.3, 0.4) is 0 Å². The van der Waals surface area contributed by atoms with Gasteiger partial charge < -0.3 is 5.32 Å². The first-order valence-corrected chi connectivity index (χ1v) is 12.4. The van der Waals surface area contributed by atoms with E-state index in [1.54, 1.807) is 12.1 Å². The van der Waals surface area contributed by atoms with Crippen LogP contribution >= 0.6 is 0 Å². The molecule has 164 valence electrons. The molecule has 4 aliphatic carbocycles. The van der Waals surface area contributed by atoms with E-state index in [1.807, 2.05) is 10.6 Å². The number of nitrogens with one attached hydrogen (secondary N) is 1. The van der Waals surface area contributed by atoms with Crippen LogP contribution in [0.1, 0.15) is 80.9 Å². The number of carbonyl (C=O) groups is 1. The van der Waals surface area contributed by atoms with Crippen LogP contribution in [-0.4, -0.2) is 21.5 Å². The molecule has 4 saturated carbocycles. The molecule has 0 saturated heterocycles. The summed E-state index contributed by atoms with van der Waals surface area (Å²) in [5, 5.41) is 3.98. The minimum absolute atomic E-state index is 0.0259. The van der Waals surface area contributed by atoms with Crippen LogP contribution in [0.25, 0.3) is 10.9 Å². The number of aromatic nitrogens is 2. The SMILES string of the molecule is CC(NC(=O)c1ccc2c(=O)n3c(nc2c1)CCCCC3)C12CC3CC(CC(C3)C1)C2. The van der Waals surface area contributed by atoms with Crippen molar-refractivity contribution in [3.8, 4) is 0 Å². The van der Waals surface area contributed by atoms with Crippen molar-refractivity contribution >= 4 is 16.8 Å². The quantitative estimate of drug-likeness (QED) is 0.799. The van der Waals surface area contributed by atoms with E-state index in [-0.39, 0.29) is 22.9 Å². The van der Waals surface area contributed by atoms with Gasteiger partial charge in [0.15, 0.2) is 0 Å². The normalized spacial score (nSPS) is 32.5. The van der Waals surface area contributed by atoms with Crippen LogP contribution in [0.15, 0.2) is 23.0 Å². The zero-order valence-corrected chi connectivity index (χ0v) is 18.5. The molecule has 1 N–H and O–H groups in total. The fourth-order valence-corrected chi connectivity index (χ4v) is 7.70. The van der Waals surface area contributed by atoms with E-state index in [0.29, 0.717) is 16.5 Å². The molecular formula is C26H33N3O2. The zero-order chi connectivity index (χ0) is 21.2. The molecule has 0 radical (unpaired) electrons. The number of hydrogen-bond donors (Lipinski definition) is 1. The van der Waals surface area contributed by atoms with Gasteiger partial charge in [0.25, 0.3) is 11.5 Å². The average Bonchev–Trinajstić information content (AvgIpc) is 2.98. The Balaban J connectivity index is 1.26. The molecule has 1 unspecified atom stereocenters. The second-order valence-corrected chi connectivity index (χ2v) is 11.0. The smallest absolute Gasteiger partial charge is 0.261 e. The van der Waals surface area contributed by atoms with Gasteiger partial charge in [-0.1, -0.05) is 6.42 Å². The molecule has 1 amide bonds. The highest BCUT2D eigenvalue weighted by atomic mass is 16.1. The first-order chi connectivity index (χ1) is 15.0. The first kappa shape index (κ1) is 19.5. The van der Waals surface area contributed by atoms with Crippen molar-refractivity contribution in [2.75, 3.05) is 0 Å². The van der Waals surface area contributed by atoms with Gasteiger partial charge in [-0.2, -0.15) is 0 Å². The first-order valence-electron chi connectivity index (χ1n) is 12.4. The van der Waals surface area contributed by atoms with Crippen molar-refractivity contribution in [1.82, 2.24) is 14.9 Å². The predicted octanol–water partition coefficient (Wildman–Crippen LogP) is 4.46. The predicted molar refractivity (Wildman–Crippen MR) is 121 cm³/mol. The molecule has 5 nitrogen and oxygen atoms in total.